The Labute approximate surface area is 135 Å². The molecule has 0 spiro atoms. The number of benzene rings is 1. The largest absolute Gasteiger partial charge is 0.375 e. The van der Waals surface area contributed by atoms with Crippen molar-refractivity contribution >= 4 is 22.6 Å². The van der Waals surface area contributed by atoms with E-state index in [0.29, 0.717) is 12.2 Å². The third-order valence-electron chi connectivity index (χ3n) is 4.17. The highest BCUT2D eigenvalue weighted by molar-refractivity contribution is 5.99. The fraction of sp³-hybridized carbons (Fsp3) is 0.471. The smallest absolute Gasteiger partial charge is 0.251 e. The zero-order chi connectivity index (χ0) is 16.4. The first kappa shape index (κ1) is 15.7. The van der Waals surface area contributed by atoms with Gasteiger partial charge in [-0.2, -0.15) is 0 Å². The number of hydrogen-bond donors (Lipinski definition) is 2. The molecule has 1 atom stereocenters. The first-order valence-corrected chi connectivity index (χ1v) is 7.86. The van der Waals surface area contributed by atoms with E-state index in [-0.39, 0.29) is 17.6 Å². The van der Waals surface area contributed by atoms with Crippen molar-refractivity contribution in [1.29, 1.82) is 0 Å². The van der Waals surface area contributed by atoms with Gasteiger partial charge in [-0.15, -0.1) is 0 Å². The van der Waals surface area contributed by atoms with Crippen LogP contribution in [-0.2, 0) is 4.74 Å². The van der Waals surface area contributed by atoms with E-state index in [1.54, 1.807) is 6.07 Å². The molecule has 3 rings (SSSR count). The third kappa shape index (κ3) is 3.42. The molecule has 2 heterocycles. The number of aromatic nitrogens is 2. The Hall–Kier alpha value is -2.21. The predicted octanol–water partition coefficient (Wildman–Crippen LogP) is 2.36. The van der Waals surface area contributed by atoms with Crippen molar-refractivity contribution < 1.29 is 9.53 Å². The number of amides is 1. The second-order valence-electron chi connectivity index (χ2n) is 6.48. The second-order valence-corrected chi connectivity index (χ2v) is 6.48. The number of nitrogens with one attached hydrogen (secondary N) is 2. The SMILES string of the molecule is CNc1ncnc2cc(C(=O)N[C@@H]3CCOC(C)(C)C3)ccc12. The van der Waals surface area contributed by atoms with Gasteiger partial charge in [-0.25, -0.2) is 9.97 Å². The van der Waals surface area contributed by atoms with Gasteiger partial charge in [0.1, 0.15) is 12.1 Å². The standard InChI is InChI=1S/C17H22N4O2/c1-17(2)9-12(6-7-23-17)21-16(22)11-4-5-13-14(8-11)19-10-20-15(13)18-3/h4-5,8,10,12H,6-7,9H2,1-3H3,(H,21,22)(H,18,19,20)/t12-/m1/s1. The Balaban J connectivity index is 1.78. The van der Waals surface area contributed by atoms with Crippen LogP contribution < -0.4 is 10.6 Å². The zero-order valence-electron chi connectivity index (χ0n) is 13.7. The Morgan fingerprint density at radius 1 is 1.35 bits per heavy atom. The van der Waals surface area contributed by atoms with Crippen molar-refractivity contribution in [2.24, 2.45) is 0 Å². The number of rotatable bonds is 3. The molecule has 6 heteroatoms. The van der Waals surface area contributed by atoms with E-state index < -0.39 is 0 Å². The monoisotopic (exact) mass is 314 g/mol. The minimum atomic E-state index is -0.186. The molecule has 1 aromatic carbocycles. The van der Waals surface area contributed by atoms with Gasteiger partial charge in [0.05, 0.1) is 11.1 Å². The number of fused-ring (bicyclic) bond motifs is 1. The van der Waals surface area contributed by atoms with Crippen LogP contribution in [0.25, 0.3) is 10.9 Å². The summed E-state index contributed by atoms with van der Waals surface area (Å²) in [5.41, 5.74) is 1.18. The number of carbonyl (C=O) groups is 1. The van der Waals surface area contributed by atoms with E-state index in [2.05, 4.69) is 34.4 Å². The van der Waals surface area contributed by atoms with Crippen molar-refractivity contribution in [2.45, 2.75) is 38.3 Å². The summed E-state index contributed by atoms with van der Waals surface area (Å²) in [6.07, 6.45) is 3.16. The van der Waals surface area contributed by atoms with Crippen molar-refractivity contribution in [3.63, 3.8) is 0 Å². The number of hydrogen-bond acceptors (Lipinski definition) is 5. The summed E-state index contributed by atoms with van der Waals surface area (Å²) in [6, 6.07) is 5.63. The molecule has 2 N–H and O–H groups in total. The first-order chi connectivity index (χ1) is 11.0. The average Bonchev–Trinajstić information content (AvgIpc) is 2.52. The van der Waals surface area contributed by atoms with E-state index in [0.717, 1.165) is 29.6 Å². The van der Waals surface area contributed by atoms with Gasteiger partial charge in [-0.1, -0.05) is 0 Å². The van der Waals surface area contributed by atoms with Crippen LogP contribution in [0.1, 0.15) is 37.0 Å². The molecule has 1 amide bonds. The summed E-state index contributed by atoms with van der Waals surface area (Å²) in [5, 5.41) is 7.04. The summed E-state index contributed by atoms with van der Waals surface area (Å²) < 4.78 is 5.69. The molecule has 1 saturated heterocycles. The van der Waals surface area contributed by atoms with E-state index in [9.17, 15) is 4.79 Å². The van der Waals surface area contributed by atoms with Crippen molar-refractivity contribution in [3.8, 4) is 0 Å². The average molecular weight is 314 g/mol. The van der Waals surface area contributed by atoms with Gasteiger partial charge in [0.25, 0.3) is 5.91 Å². The Morgan fingerprint density at radius 3 is 2.91 bits per heavy atom. The molecular weight excluding hydrogens is 292 g/mol. The van der Waals surface area contributed by atoms with E-state index in [4.69, 9.17) is 4.74 Å². The van der Waals surface area contributed by atoms with E-state index >= 15 is 0 Å². The number of anilines is 1. The molecule has 0 bridgehead atoms. The number of nitrogens with zero attached hydrogens (tertiary/aromatic N) is 2. The van der Waals surface area contributed by atoms with Crippen LogP contribution >= 0.6 is 0 Å². The van der Waals surface area contributed by atoms with Gasteiger partial charge in [0.15, 0.2) is 0 Å². The van der Waals surface area contributed by atoms with Crippen LogP contribution in [0.4, 0.5) is 5.82 Å². The van der Waals surface area contributed by atoms with Gasteiger partial charge >= 0.3 is 0 Å². The lowest BCUT2D eigenvalue weighted by molar-refractivity contribution is -0.0615. The van der Waals surface area contributed by atoms with Gasteiger partial charge in [-0.05, 0) is 44.9 Å². The lowest BCUT2D eigenvalue weighted by atomic mass is 9.93. The molecule has 0 saturated carbocycles. The van der Waals surface area contributed by atoms with Crippen LogP contribution in [-0.4, -0.2) is 41.2 Å². The molecule has 122 valence electrons. The third-order valence-corrected chi connectivity index (χ3v) is 4.17. The fourth-order valence-electron chi connectivity index (χ4n) is 3.02. The van der Waals surface area contributed by atoms with Crippen LogP contribution in [0.5, 0.6) is 0 Å². The lowest BCUT2D eigenvalue weighted by Gasteiger charge is -2.35. The highest BCUT2D eigenvalue weighted by atomic mass is 16.5. The quantitative estimate of drug-likeness (QED) is 0.909. The Kier molecular flexibility index (Phi) is 4.17. The van der Waals surface area contributed by atoms with Crippen molar-refractivity contribution in [2.75, 3.05) is 19.0 Å². The molecule has 0 aliphatic carbocycles. The van der Waals surface area contributed by atoms with Gasteiger partial charge in [-0.3, -0.25) is 4.79 Å². The minimum absolute atomic E-state index is 0.0702. The van der Waals surface area contributed by atoms with Crippen molar-refractivity contribution in [1.82, 2.24) is 15.3 Å². The van der Waals surface area contributed by atoms with Crippen LogP contribution in [0.3, 0.4) is 0 Å². The summed E-state index contributed by atoms with van der Waals surface area (Å²) in [6.45, 7) is 4.78. The molecule has 2 aromatic rings. The highest BCUT2D eigenvalue weighted by Gasteiger charge is 2.29. The normalized spacial score (nSPS) is 20.2. The maximum atomic E-state index is 12.5. The molecule has 1 aromatic heterocycles. The fourth-order valence-corrected chi connectivity index (χ4v) is 3.02. The maximum Gasteiger partial charge on any atom is 0.251 e. The Morgan fingerprint density at radius 2 is 2.17 bits per heavy atom. The molecule has 1 aliphatic rings. The second kappa shape index (κ2) is 6.12. The maximum absolute atomic E-state index is 12.5. The predicted molar refractivity (Wildman–Crippen MR) is 89.6 cm³/mol. The topological polar surface area (TPSA) is 76.1 Å². The molecule has 0 unspecified atom stereocenters. The molecule has 23 heavy (non-hydrogen) atoms. The molecule has 1 aliphatic heterocycles. The zero-order valence-corrected chi connectivity index (χ0v) is 13.7. The minimum Gasteiger partial charge on any atom is -0.375 e. The van der Waals surface area contributed by atoms with E-state index in [1.807, 2.05) is 19.2 Å². The van der Waals surface area contributed by atoms with Gasteiger partial charge < -0.3 is 15.4 Å². The number of ether oxygens (including phenoxy) is 1. The molecular formula is C17H22N4O2. The summed E-state index contributed by atoms with van der Waals surface area (Å²) in [7, 11) is 1.81. The van der Waals surface area contributed by atoms with Gasteiger partial charge in [0.2, 0.25) is 0 Å². The molecule has 1 fully saturated rings. The highest BCUT2D eigenvalue weighted by Crippen LogP contribution is 2.24. The van der Waals surface area contributed by atoms with Crippen LogP contribution in [0, 0.1) is 0 Å². The van der Waals surface area contributed by atoms with Crippen LogP contribution in [0.2, 0.25) is 0 Å². The molecule has 6 nitrogen and oxygen atoms in total. The lowest BCUT2D eigenvalue weighted by Crippen LogP contribution is -2.45. The van der Waals surface area contributed by atoms with Crippen molar-refractivity contribution in [3.05, 3.63) is 30.1 Å². The Bertz CT molecular complexity index is 730. The first-order valence-electron chi connectivity index (χ1n) is 7.86. The molecule has 0 radical (unpaired) electrons. The van der Waals surface area contributed by atoms with Gasteiger partial charge in [0, 0.05) is 30.6 Å². The summed E-state index contributed by atoms with van der Waals surface area (Å²) in [4.78, 5) is 20.9. The summed E-state index contributed by atoms with van der Waals surface area (Å²) >= 11 is 0. The van der Waals surface area contributed by atoms with E-state index in [1.165, 1.54) is 6.33 Å². The van der Waals surface area contributed by atoms with Crippen LogP contribution in [0.15, 0.2) is 24.5 Å². The number of carbonyl (C=O) groups excluding carboxylic acids is 1. The summed E-state index contributed by atoms with van der Waals surface area (Å²) in [5.74, 6) is 0.687.